The second-order valence-corrected chi connectivity index (χ2v) is 8.40. The van der Waals surface area contributed by atoms with Crippen LogP contribution in [0.4, 0.5) is 4.39 Å². The van der Waals surface area contributed by atoms with E-state index >= 15 is 0 Å². The van der Waals surface area contributed by atoms with E-state index in [-0.39, 0.29) is 16.2 Å². The van der Waals surface area contributed by atoms with E-state index in [1.54, 1.807) is 18.2 Å². The van der Waals surface area contributed by atoms with Crippen molar-refractivity contribution in [1.29, 1.82) is 0 Å². The molecular formula is C19H19FN2O3S. The maximum atomic E-state index is 13.1. The van der Waals surface area contributed by atoms with E-state index < -0.39 is 15.9 Å². The summed E-state index contributed by atoms with van der Waals surface area (Å²) in [5.74, 6) is -0.446. The Balaban J connectivity index is 2.06. The van der Waals surface area contributed by atoms with E-state index in [2.05, 4.69) is 5.10 Å². The molecule has 0 bridgehead atoms. The molecule has 0 atom stereocenters. The average Bonchev–Trinajstić information content (AvgIpc) is 2.99. The van der Waals surface area contributed by atoms with Crippen LogP contribution in [0, 0.1) is 5.82 Å². The zero-order valence-electron chi connectivity index (χ0n) is 14.7. The van der Waals surface area contributed by atoms with Gasteiger partial charge in [-0.2, -0.15) is 18.2 Å². The largest absolute Gasteiger partial charge is 0.358 e. The van der Waals surface area contributed by atoms with Gasteiger partial charge in [0.05, 0.1) is 11.4 Å². The minimum atomic E-state index is -4.12. The maximum absolute atomic E-state index is 13.1. The molecule has 0 N–H and O–H groups in total. The lowest BCUT2D eigenvalue weighted by Gasteiger charge is -2.13. The second kappa shape index (κ2) is 6.57. The van der Waals surface area contributed by atoms with Gasteiger partial charge in [-0.05, 0) is 36.4 Å². The molecule has 0 unspecified atom stereocenters. The van der Waals surface area contributed by atoms with Crippen molar-refractivity contribution in [2.24, 2.45) is 0 Å². The second-order valence-electron chi connectivity index (χ2n) is 6.86. The van der Waals surface area contributed by atoms with Crippen LogP contribution in [0.2, 0.25) is 0 Å². The van der Waals surface area contributed by atoms with Crippen molar-refractivity contribution in [1.82, 2.24) is 9.78 Å². The molecule has 3 aromatic rings. The molecule has 3 rings (SSSR count). The Morgan fingerprint density at radius 3 is 2.19 bits per heavy atom. The summed E-state index contributed by atoms with van der Waals surface area (Å²) in [7, 11) is -4.12. The first kappa shape index (κ1) is 18.1. The van der Waals surface area contributed by atoms with Crippen molar-refractivity contribution < 1.29 is 17.0 Å². The number of halogens is 1. The summed E-state index contributed by atoms with van der Waals surface area (Å²) in [4.78, 5) is -0.128. The van der Waals surface area contributed by atoms with Crippen LogP contribution in [0.15, 0.2) is 65.6 Å². The normalized spacial score (nSPS) is 12.2. The Labute approximate surface area is 152 Å². The predicted octanol–water partition coefficient (Wildman–Crippen LogP) is 4.08. The minimum Gasteiger partial charge on any atom is -0.358 e. The molecule has 0 radical (unpaired) electrons. The molecule has 0 saturated carbocycles. The van der Waals surface area contributed by atoms with Gasteiger partial charge in [0.2, 0.25) is 5.88 Å². The van der Waals surface area contributed by atoms with Crippen LogP contribution in [-0.2, 0) is 15.5 Å². The highest BCUT2D eigenvalue weighted by atomic mass is 32.2. The van der Waals surface area contributed by atoms with Crippen molar-refractivity contribution >= 4 is 10.1 Å². The zero-order valence-corrected chi connectivity index (χ0v) is 15.5. The summed E-state index contributed by atoms with van der Waals surface area (Å²) in [6, 6.07) is 15.2. The maximum Gasteiger partial charge on any atom is 0.340 e. The fraction of sp³-hybridized carbons (Fsp3) is 0.211. The van der Waals surface area contributed by atoms with Gasteiger partial charge < -0.3 is 4.18 Å². The van der Waals surface area contributed by atoms with Crippen molar-refractivity contribution in [3.05, 3.63) is 72.2 Å². The van der Waals surface area contributed by atoms with Gasteiger partial charge in [-0.3, -0.25) is 0 Å². The molecule has 1 aromatic heterocycles. The van der Waals surface area contributed by atoms with Crippen LogP contribution in [0.3, 0.4) is 0 Å². The van der Waals surface area contributed by atoms with Gasteiger partial charge >= 0.3 is 10.1 Å². The van der Waals surface area contributed by atoms with Crippen LogP contribution in [0.1, 0.15) is 26.5 Å². The van der Waals surface area contributed by atoms with Gasteiger partial charge in [-0.25, -0.2) is 4.39 Å². The van der Waals surface area contributed by atoms with Crippen LogP contribution in [0.25, 0.3) is 5.69 Å². The third-order valence-electron chi connectivity index (χ3n) is 3.74. The van der Waals surface area contributed by atoms with Crippen molar-refractivity contribution in [3.63, 3.8) is 0 Å². The molecule has 1 heterocycles. The monoisotopic (exact) mass is 374 g/mol. The summed E-state index contributed by atoms with van der Waals surface area (Å²) < 4.78 is 45.0. The van der Waals surface area contributed by atoms with Gasteiger partial charge in [-0.1, -0.05) is 39.0 Å². The fourth-order valence-corrected chi connectivity index (χ4v) is 3.21. The lowest BCUT2D eigenvalue weighted by Crippen LogP contribution is -2.13. The molecule has 0 aliphatic carbocycles. The summed E-state index contributed by atoms with van der Waals surface area (Å²) in [6.45, 7) is 5.93. The number of rotatable bonds is 4. The summed E-state index contributed by atoms with van der Waals surface area (Å²) in [6.07, 6.45) is 0. The van der Waals surface area contributed by atoms with Gasteiger partial charge in [0.1, 0.15) is 10.7 Å². The van der Waals surface area contributed by atoms with E-state index in [1.807, 2.05) is 39.0 Å². The topological polar surface area (TPSA) is 61.2 Å². The Morgan fingerprint density at radius 2 is 1.62 bits per heavy atom. The molecule has 26 heavy (non-hydrogen) atoms. The first-order valence-electron chi connectivity index (χ1n) is 8.03. The number of para-hydroxylation sites is 1. The third-order valence-corrected chi connectivity index (χ3v) is 4.98. The Kier molecular flexibility index (Phi) is 4.58. The van der Waals surface area contributed by atoms with Crippen molar-refractivity contribution in [2.75, 3.05) is 0 Å². The SMILES string of the molecule is CC(C)(C)c1cc(OS(=O)(=O)c2ccc(F)cc2)n(-c2ccccc2)n1. The molecule has 0 amide bonds. The van der Waals surface area contributed by atoms with E-state index in [1.165, 1.54) is 16.8 Å². The van der Waals surface area contributed by atoms with Gasteiger partial charge in [-0.15, -0.1) is 0 Å². The molecule has 0 aliphatic rings. The minimum absolute atomic E-state index is 0.0745. The molecule has 0 fully saturated rings. The lowest BCUT2D eigenvalue weighted by atomic mass is 9.93. The highest BCUT2D eigenvalue weighted by Gasteiger charge is 2.25. The molecule has 0 aliphatic heterocycles. The van der Waals surface area contributed by atoms with E-state index in [0.717, 1.165) is 12.1 Å². The molecule has 7 heteroatoms. The molecule has 2 aromatic carbocycles. The first-order valence-corrected chi connectivity index (χ1v) is 9.44. The fourth-order valence-electron chi connectivity index (χ4n) is 2.31. The van der Waals surface area contributed by atoms with Crippen LogP contribution >= 0.6 is 0 Å². The quantitative estimate of drug-likeness (QED) is 0.646. The number of aromatic nitrogens is 2. The number of benzene rings is 2. The van der Waals surface area contributed by atoms with E-state index in [4.69, 9.17) is 4.18 Å². The molecule has 0 spiro atoms. The molecule has 0 saturated heterocycles. The average molecular weight is 374 g/mol. The van der Waals surface area contributed by atoms with Crippen LogP contribution in [0.5, 0.6) is 5.88 Å². The Morgan fingerprint density at radius 1 is 1.00 bits per heavy atom. The van der Waals surface area contributed by atoms with Gasteiger partial charge in [0, 0.05) is 11.5 Å². The summed E-state index contributed by atoms with van der Waals surface area (Å²) in [5, 5.41) is 4.51. The van der Waals surface area contributed by atoms with Gasteiger partial charge in [0.25, 0.3) is 0 Å². The molecular weight excluding hydrogens is 355 g/mol. The Bertz CT molecular complexity index is 1010. The molecule has 136 valence electrons. The van der Waals surface area contributed by atoms with Crippen molar-refractivity contribution in [2.45, 2.75) is 31.1 Å². The van der Waals surface area contributed by atoms with Crippen LogP contribution in [-0.4, -0.2) is 18.2 Å². The third kappa shape index (κ3) is 3.77. The first-order chi connectivity index (χ1) is 12.2. The number of hydrogen-bond acceptors (Lipinski definition) is 4. The van der Waals surface area contributed by atoms with E-state index in [9.17, 15) is 12.8 Å². The predicted molar refractivity (Wildman–Crippen MR) is 96.5 cm³/mol. The number of nitrogens with zero attached hydrogens (tertiary/aromatic N) is 2. The van der Waals surface area contributed by atoms with Crippen molar-refractivity contribution in [3.8, 4) is 11.6 Å². The Hall–Kier alpha value is -2.67. The smallest absolute Gasteiger partial charge is 0.340 e. The summed E-state index contributed by atoms with van der Waals surface area (Å²) >= 11 is 0. The standard InChI is InChI=1S/C19H19FN2O3S/c1-19(2,3)17-13-18(22(21-17)15-7-5-4-6-8-15)25-26(23,24)16-11-9-14(20)10-12-16/h4-13H,1-3H3. The lowest BCUT2D eigenvalue weighted by molar-refractivity contribution is 0.464. The summed E-state index contributed by atoms with van der Waals surface area (Å²) in [5.41, 5.74) is 1.07. The highest BCUT2D eigenvalue weighted by molar-refractivity contribution is 7.87. The number of hydrogen-bond donors (Lipinski definition) is 0. The highest BCUT2D eigenvalue weighted by Crippen LogP contribution is 2.29. The molecule has 5 nitrogen and oxygen atoms in total. The van der Waals surface area contributed by atoms with Crippen LogP contribution < -0.4 is 4.18 Å². The van der Waals surface area contributed by atoms with Gasteiger partial charge in [0.15, 0.2) is 0 Å². The van der Waals surface area contributed by atoms with E-state index in [0.29, 0.717) is 11.4 Å². The zero-order chi connectivity index (χ0) is 18.9.